The highest BCUT2D eigenvalue weighted by atomic mass is 19.4. The number of nitrogens with zero attached hydrogens (tertiary/aromatic N) is 2. The average molecular weight is 561 g/mol. The minimum absolute atomic E-state index is 0.0678. The summed E-state index contributed by atoms with van der Waals surface area (Å²) in [5.74, 6) is -1.96. The monoisotopic (exact) mass is 560 g/mol. The third kappa shape index (κ3) is 5.78. The lowest BCUT2D eigenvalue weighted by atomic mass is 9.73. The highest BCUT2D eigenvalue weighted by molar-refractivity contribution is 5.83. The first-order chi connectivity index (χ1) is 19.0. The zero-order valence-electron chi connectivity index (χ0n) is 22.1. The third-order valence-electron chi connectivity index (χ3n) is 8.65. The second kappa shape index (κ2) is 11.3. The summed E-state index contributed by atoms with van der Waals surface area (Å²) in [7, 11) is 1.57. The number of aliphatic hydroxyl groups is 1. The number of likely N-dealkylation sites (tertiary alicyclic amines) is 1. The second-order valence-corrected chi connectivity index (χ2v) is 10.9. The fraction of sp³-hybridized carbons (Fsp3) is 0.467. The van der Waals surface area contributed by atoms with Crippen LogP contribution in [0.3, 0.4) is 0 Å². The fourth-order valence-corrected chi connectivity index (χ4v) is 6.25. The fourth-order valence-electron chi connectivity index (χ4n) is 6.25. The lowest BCUT2D eigenvalue weighted by Gasteiger charge is -2.47. The molecule has 0 spiro atoms. The molecule has 1 saturated heterocycles. The molecule has 40 heavy (non-hydrogen) atoms. The van der Waals surface area contributed by atoms with Gasteiger partial charge in [0.05, 0.1) is 30.2 Å². The molecule has 3 atom stereocenters. The third-order valence-corrected chi connectivity index (χ3v) is 8.65. The van der Waals surface area contributed by atoms with Crippen LogP contribution in [0.4, 0.5) is 17.6 Å². The Morgan fingerprint density at radius 1 is 1.18 bits per heavy atom. The predicted octanol–water partition coefficient (Wildman–Crippen LogP) is 6.18. The topological polar surface area (TPSA) is 82.9 Å². The van der Waals surface area contributed by atoms with Crippen LogP contribution in [0.25, 0.3) is 10.9 Å². The van der Waals surface area contributed by atoms with Crippen molar-refractivity contribution in [3.05, 3.63) is 71.2 Å². The molecule has 0 radical (unpaired) electrons. The molecule has 0 unspecified atom stereocenters. The Hall–Kier alpha value is -3.24. The van der Waals surface area contributed by atoms with Crippen LogP contribution in [0, 0.1) is 17.7 Å². The Bertz CT molecular complexity index is 1380. The van der Waals surface area contributed by atoms with Crippen LogP contribution < -0.4 is 4.74 Å². The number of halogens is 4. The summed E-state index contributed by atoms with van der Waals surface area (Å²) >= 11 is 0. The number of carbonyl (C=O) groups is 1. The number of hydrogen-bond acceptors (Lipinski definition) is 5. The maximum absolute atomic E-state index is 14.4. The van der Waals surface area contributed by atoms with Gasteiger partial charge in [0.2, 0.25) is 0 Å². The maximum atomic E-state index is 14.4. The van der Waals surface area contributed by atoms with Crippen LogP contribution in [-0.4, -0.2) is 52.3 Å². The van der Waals surface area contributed by atoms with Gasteiger partial charge in [0.1, 0.15) is 11.6 Å². The molecule has 5 rings (SSSR count). The molecule has 6 nitrogen and oxygen atoms in total. The van der Waals surface area contributed by atoms with Gasteiger partial charge in [-0.3, -0.25) is 14.7 Å². The summed E-state index contributed by atoms with van der Waals surface area (Å²) in [5.41, 5.74) is 0.746. The molecular weight excluding hydrogens is 528 g/mol. The van der Waals surface area contributed by atoms with Crippen LogP contribution in [0.5, 0.6) is 5.75 Å². The van der Waals surface area contributed by atoms with Crippen molar-refractivity contribution in [2.45, 2.75) is 56.3 Å². The molecule has 214 valence electrons. The Morgan fingerprint density at radius 3 is 2.62 bits per heavy atom. The quantitative estimate of drug-likeness (QED) is 0.320. The number of alkyl halides is 3. The van der Waals surface area contributed by atoms with E-state index in [2.05, 4.69) is 9.88 Å². The second-order valence-electron chi connectivity index (χ2n) is 10.9. The van der Waals surface area contributed by atoms with Crippen LogP contribution in [0.2, 0.25) is 0 Å². The van der Waals surface area contributed by atoms with Gasteiger partial charge < -0.3 is 14.9 Å². The number of aliphatic hydroxyl groups excluding tert-OH is 1. The SMILES string of the molecule is COc1ccc2nccc([C@@H](O)CC[C@@H]3CCN(C4CC(c5ccc(C(F)(F)F)cc5F)C4)C[C@@H]3C(=O)O)c2c1. The first kappa shape index (κ1) is 28.3. The molecule has 3 aromatic rings. The van der Waals surface area contributed by atoms with E-state index in [0.717, 1.165) is 22.5 Å². The number of ether oxygens (including phenoxy) is 1. The Kier molecular flexibility index (Phi) is 8.01. The van der Waals surface area contributed by atoms with Gasteiger partial charge in [0, 0.05) is 24.2 Å². The molecule has 1 aliphatic heterocycles. The van der Waals surface area contributed by atoms with Crippen LogP contribution >= 0.6 is 0 Å². The van der Waals surface area contributed by atoms with E-state index in [-0.39, 0.29) is 23.4 Å². The number of hydrogen-bond donors (Lipinski definition) is 2. The molecule has 0 amide bonds. The number of aliphatic carboxylic acids is 1. The van der Waals surface area contributed by atoms with E-state index >= 15 is 0 Å². The van der Waals surface area contributed by atoms with Crippen LogP contribution in [0.1, 0.15) is 60.8 Å². The first-order valence-corrected chi connectivity index (χ1v) is 13.5. The van der Waals surface area contributed by atoms with E-state index in [1.807, 2.05) is 12.1 Å². The Labute approximate surface area is 229 Å². The predicted molar refractivity (Wildman–Crippen MR) is 140 cm³/mol. The molecule has 2 aromatic carbocycles. The van der Waals surface area contributed by atoms with Crippen molar-refractivity contribution in [1.29, 1.82) is 0 Å². The first-order valence-electron chi connectivity index (χ1n) is 13.5. The number of pyridine rings is 1. The molecule has 2 aliphatic rings. The zero-order valence-corrected chi connectivity index (χ0v) is 22.1. The number of rotatable bonds is 8. The van der Waals surface area contributed by atoms with Crippen molar-refractivity contribution < 1.29 is 37.3 Å². The van der Waals surface area contributed by atoms with Gasteiger partial charge in [-0.05, 0) is 98.0 Å². The van der Waals surface area contributed by atoms with Gasteiger partial charge in [0.15, 0.2) is 0 Å². The number of benzene rings is 2. The van der Waals surface area contributed by atoms with E-state index in [1.54, 1.807) is 25.4 Å². The summed E-state index contributed by atoms with van der Waals surface area (Å²) in [5, 5.41) is 21.8. The molecular formula is C30H32F4N2O4. The normalized spacial score (nSPS) is 24.4. The highest BCUT2D eigenvalue weighted by Crippen LogP contribution is 2.44. The van der Waals surface area contributed by atoms with Crippen molar-refractivity contribution in [2.75, 3.05) is 20.2 Å². The molecule has 1 aromatic heterocycles. The van der Waals surface area contributed by atoms with Crippen molar-refractivity contribution in [1.82, 2.24) is 9.88 Å². The van der Waals surface area contributed by atoms with Gasteiger partial charge in [-0.15, -0.1) is 0 Å². The summed E-state index contributed by atoms with van der Waals surface area (Å²) in [6, 6.07) is 10.00. The highest BCUT2D eigenvalue weighted by Gasteiger charge is 2.42. The minimum Gasteiger partial charge on any atom is -0.497 e. The number of carboxylic acid groups (broad SMARTS) is 1. The van der Waals surface area contributed by atoms with Gasteiger partial charge in [-0.25, -0.2) is 4.39 Å². The van der Waals surface area contributed by atoms with Crippen molar-refractivity contribution >= 4 is 16.9 Å². The van der Waals surface area contributed by atoms with Crippen LogP contribution in [0.15, 0.2) is 48.7 Å². The zero-order chi connectivity index (χ0) is 28.6. The van der Waals surface area contributed by atoms with E-state index in [0.29, 0.717) is 57.0 Å². The van der Waals surface area contributed by atoms with Crippen molar-refractivity contribution in [3.8, 4) is 5.75 Å². The average Bonchev–Trinajstić information content (AvgIpc) is 2.90. The summed E-state index contributed by atoms with van der Waals surface area (Å²) in [6.45, 7) is 1.05. The number of piperidine rings is 1. The minimum atomic E-state index is -4.59. The number of aromatic nitrogens is 1. The molecule has 2 fully saturated rings. The molecule has 1 saturated carbocycles. The van der Waals surface area contributed by atoms with Crippen molar-refractivity contribution in [3.63, 3.8) is 0 Å². The largest absolute Gasteiger partial charge is 0.497 e. The van der Waals surface area contributed by atoms with E-state index in [4.69, 9.17) is 4.74 Å². The van der Waals surface area contributed by atoms with Crippen molar-refractivity contribution in [2.24, 2.45) is 11.8 Å². The Morgan fingerprint density at radius 2 is 1.95 bits per heavy atom. The van der Waals surface area contributed by atoms with Gasteiger partial charge >= 0.3 is 12.1 Å². The number of carboxylic acids is 1. The molecule has 2 N–H and O–H groups in total. The van der Waals surface area contributed by atoms with Crippen LogP contribution in [-0.2, 0) is 11.0 Å². The number of fused-ring (bicyclic) bond motifs is 1. The molecule has 1 aliphatic carbocycles. The van der Waals surface area contributed by atoms with E-state index in [9.17, 15) is 32.6 Å². The van der Waals surface area contributed by atoms with Gasteiger partial charge in [-0.1, -0.05) is 6.07 Å². The standard InChI is InChI=1S/C30H32F4N2O4/c1-40-21-4-6-27-24(15-21)23(8-10-35-27)28(37)7-2-17-9-11-36(16-25(17)29(38)39)20-12-18(13-20)22-5-3-19(14-26(22)31)30(32,33)34/h3-6,8,10,14-15,17-18,20,25,28,37H,2,7,9,11-13,16H2,1H3,(H,38,39)/t17-,18?,20?,25+,28+/m1/s1. The lowest BCUT2D eigenvalue weighted by Crippen LogP contribution is -2.52. The van der Waals surface area contributed by atoms with E-state index in [1.165, 1.54) is 6.07 Å². The molecule has 0 bridgehead atoms. The number of methoxy groups -OCH3 is 1. The lowest BCUT2D eigenvalue weighted by molar-refractivity contribution is -0.147. The smallest absolute Gasteiger partial charge is 0.416 e. The molecule has 10 heteroatoms. The summed E-state index contributed by atoms with van der Waals surface area (Å²) in [6.07, 6.45) is -0.955. The Balaban J connectivity index is 1.18. The summed E-state index contributed by atoms with van der Waals surface area (Å²) < 4.78 is 58.3. The molecule has 2 heterocycles. The maximum Gasteiger partial charge on any atom is 0.416 e. The summed E-state index contributed by atoms with van der Waals surface area (Å²) in [4.78, 5) is 18.7. The van der Waals surface area contributed by atoms with Gasteiger partial charge in [0.25, 0.3) is 0 Å². The van der Waals surface area contributed by atoms with Gasteiger partial charge in [-0.2, -0.15) is 13.2 Å². The van der Waals surface area contributed by atoms with E-state index < -0.39 is 35.5 Å².